The topological polar surface area (TPSA) is 44.4 Å². The molecule has 3 atom stereocenters. The van der Waals surface area contributed by atoms with Crippen LogP contribution in [-0.4, -0.2) is 42.9 Å². The Kier molecular flexibility index (Phi) is 12.0. The van der Waals surface area contributed by atoms with Crippen LogP contribution >= 0.6 is 0 Å². The van der Waals surface area contributed by atoms with Crippen molar-refractivity contribution in [2.24, 2.45) is 5.92 Å². The van der Waals surface area contributed by atoms with Crippen molar-refractivity contribution in [1.29, 1.82) is 0 Å². The minimum absolute atomic E-state index is 0.0364. The molecule has 0 heterocycles. The van der Waals surface area contributed by atoms with E-state index < -0.39 is 11.6 Å². The lowest BCUT2D eigenvalue weighted by Crippen LogP contribution is -2.42. The van der Waals surface area contributed by atoms with E-state index in [0.29, 0.717) is 18.5 Å². The summed E-state index contributed by atoms with van der Waals surface area (Å²) in [5.41, 5.74) is 5.38. The normalized spacial score (nSPS) is 13.5. The van der Waals surface area contributed by atoms with Crippen LogP contribution in [0.5, 0.6) is 0 Å². The van der Waals surface area contributed by atoms with Crippen molar-refractivity contribution in [1.82, 2.24) is 15.5 Å². The van der Waals surface area contributed by atoms with Gasteiger partial charge in [-0.05, 0) is 91.6 Å². The van der Waals surface area contributed by atoms with E-state index in [2.05, 4.69) is 67.7 Å². The van der Waals surface area contributed by atoms with Crippen LogP contribution in [0.1, 0.15) is 62.8 Å². The summed E-state index contributed by atoms with van der Waals surface area (Å²) in [6, 6.07) is 9.45. The van der Waals surface area contributed by atoms with E-state index in [4.69, 9.17) is 0 Å². The molecule has 2 aromatic rings. The molecule has 1 unspecified atom stereocenters. The predicted molar refractivity (Wildman–Crippen MR) is 151 cm³/mol. The molecule has 0 saturated heterocycles. The van der Waals surface area contributed by atoms with Crippen LogP contribution in [0.2, 0.25) is 0 Å². The van der Waals surface area contributed by atoms with Gasteiger partial charge in [-0.3, -0.25) is 0 Å². The number of nitrogens with one attached hydrogen (secondary N) is 2. The highest BCUT2D eigenvalue weighted by atomic mass is 19.1. The Morgan fingerprint density at radius 2 is 1.57 bits per heavy atom. The Morgan fingerprint density at radius 1 is 0.973 bits per heavy atom. The summed E-state index contributed by atoms with van der Waals surface area (Å²) in [5, 5.41) is 6.72. The minimum Gasteiger partial charge on any atom is -0.382 e. The predicted octanol–water partition coefficient (Wildman–Crippen LogP) is 6.35. The van der Waals surface area contributed by atoms with E-state index in [1.165, 1.54) is 12.1 Å². The average Bonchev–Trinajstić information content (AvgIpc) is 2.85. The Morgan fingerprint density at radius 3 is 2.14 bits per heavy atom. The first-order chi connectivity index (χ1) is 17.6. The molecule has 2 N–H and O–H groups in total. The van der Waals surface area contributed by atoms with Gasteiger partial charge in [0.25, 0.3) is 0 Å². The van der Waals surface area contributed by atoms with Crippen molar-refractivity contribution >= 4 is 17.7 Å². The van der Waals surface area contributed by atoms with Gasteiger partial charge in [-0.25, -0.2) is 8.78 Å². The molecule has 2 rings (SSSR count). The summed E-state index contributed by atoms with van der Waals surface area (Å²) >= 11 is 0. The third kappa shape index (κ3) is 9.43. The fraction of sp³-hybridized carbons (Fsp3) is 0.452. The van der Waals surface area contributed by atoms with Crippen molar-refractivity contribution in [2.45, 2.75) is 66.0 Å². The Labute approximate surface area is 221 Å². The summed E-state index contributed by atoms with van der Waals surface area (Å²) in [5.74, 6) is -1.16. The molecule has 0 aliphatic carbocycles. The smallest absolute Gasteiger partial charge is 0.136 e. The van der Waals surface area contributed by atoms with Crippen LogP contribution in [0.4, 0.5) is 8.78 Å². The average molecular weight is 512 g/mol. The molecule has 2 aromatic carbocycles. The standard InChI is InChI=1S/C31H43F2N3O/c1-8-10-36(11-9-2)25(7)28-13-21(3)12-27(17-28)24(6)35-31(22(4)19-34-23(5)20-37)16-26-14-29(32)18-30(33)15-26/h12-15,17-18,20,22-23,31,34-35H,6-11,16,19H2,1-5H3/t22?,23-,31-/m0/s1. The van der Waals surface area contributed by atoms with Crippen LogP contribution in [0, 0.1) is 24.5 Å². The highest BCUT2D eigenvalue weighted by Gasteiger charge is 2.21. The Balaban J connectivity index is 2.31. The molecule has 0 amide bonds. The third-order valence-corrected chi connectivity index (χ3v) is 6.52. The molecular formula is C31H43F2N3O. The first-order valence-electron chi connectivity index (χ1n) is 13.2. The largest absolute Gasteiger partial charge is 0.382 e. The van der Waals surface area contributed by atoms with E-state index in [-0.39, 0.29) is 18.0 Å². The zero-order valence-corrected chi connectivity index (χ0v) is 23.0. The number of halogens is 2. The second kappa shape index (κ2) is 14.7. The molecule has 0 aliphatic heterocycles. The molecule has 0 aromatic heterocycles. The van der Waals surface area contributed by atoms with E-state index in [9.17, 15) is 13.6 Å². The third-order valence-electron chi connectivity index (χ3n) is 6.52. The Bertz CT molecular complexity index is 1040. The lowest BCUT2D eigenvalue weighted by molar-refractivity contribution is -0.109. The molecule has 0 radical (unpaired) electrons. The molecule has 0 saturated carbocycles. The van der Waals surface area contributed by atoms with Gasteiger partial charge in [0.05, 0.1) is 6.04 Å². The van der Waals surface area contributed by atoms with Crippen LogP contribution in [0.3, 0.4) is 0 Å². The quantitative estimate of drug-likeness (QED) is 0.258. The van der Waals surface area contributed by atoms with Gasteiger partial charge in [-0.1, -0.05) is 33.9 Å². The summed E-state index contributed by atoms with van der Waals surface area (Å²) < 4.78 is 27.8. The van der Waals surface area contributed by atoms with Gasteiger partial charge >= 0.3 is 0 Å². The first kappa shape index (κ1) is 30.2. The molecule has 0 spiro atoms. The van der Waals surface area contributed by atoms with E-state index in [1.54, 1.807) is 6.92 Å². The zero-order valence-electron chi connectivity index (χ0n) is 23.0. The van der Waals surface area contributed by atoms with E-state index >= 15 is 0 Å². The second-order valence-corrected chi connectivity index (χ2v) is 10.0. The van der Waals surface area contributed by atoms with Crippen molar-refractivity contribution in [2.75, 3.05) is 19.6 Å². The SMILES string of the molecule is C=C(N[C@@H](Cc1cc(F)cc(F)c1)C(C)CN[C@@H](C)C=O)c1cc(C)cc(C(=C)N(CCC)CCC)c1. The molecule has 6 heteroatoms. The number of hydrogen-bond acceptors (Lipinski definition) is 4. The van der Waals surface area contributed by atoms with Crippen LogP contribution < -0.4 is 10.6 Å². The number of hydrogen-bond donors (Lipinski definition) is 2. The lowest BCUT2D eigenvalue weighted by atomic mass is 9.93. The summed E-state index contributed by atoms with van der Waals surface area (Å²) in [7, 11) is 0. The van der Waals surface area contributed by atoms with Gasteiger partial charge in [0.15, 0.2) is 0 Å². The van der Waals surface area contributed by atoms with Gasteiger partial charge in [0.1, 0.15) is 17.9 Å². The summed E-state index contributed by atoms with van der Waals surface area (Å²) in [6.45, 7) is 21.4. The molecule has 0 aliphatic rings. The molecule has 0 fully saturated rings. The summed E-state index contributed by atoms with van der Waals surface area (Å²) in [6.07, 6.45) is 3.35. The number of benzene rings is 2. The van der Waals surface area contributed by atoms with Gasteiger partial charge in [0.2, 0.25) is 0 Å². The van der Waals surface area contributed by atoms with Crippen molar-refractivity contribution < 1.29 is 13.6 Å². The number of aldehydes is 1. The number of aryl methyl sites for hydroxylation is 1. The molecular weight excluding hydrogens is 468 g/mol. The highest BCUT2D eigenvalue weighted by Crippen LogP contribution is 2.25. The van der Waals surface area contributed by atoms with Gasteiger partial charge in [-0.15, -0.1) is 0 Å². The first-order valence-corrected chi connectivity index (χ1v) is 13.2. The lowest BCUT2D eigenvalue weighted by Gasteiger charge is -2.29. The molecule has 37 heavy (non-hydrogen) atoms. The van der Waals surface area contributed by atoms with E-state index in [0.717, 1.165) is 66.4 Å². The van der Waals surface area contributed by atoms with Crippen LogP contribution in [0.25, 0.3) is 11.4 Å². The van der Waals surface area contributed by atoms with Crippen molar-refractivity contribution in [3.05, 3.63) is 83.4 Å². The van der Waals surface area contributed by atoms with Crippen LogP contribution in [0.15, 0.2) is 49.6 Å². The maximum Gasteiger partial charge on any atom is 0.136 e. The maximum atomic E-state index is 13.9. The zero-order chi connectivity index (χ0) is 27.5. The fourth-order valence-electron chi connectivity index (χ4n) is 4.47. The number of nitrogens with zero attached hydrogens (tertiary/aromatic N) is 1. The number of carbonyl (C=O) groups is 1. The monoisotopic (exact) mass is 511 g/mol. The highest BCUT2D eigenvalue weighted by molar-refractivity contribution is 5.70. The fourth-order valence-corrected chi connectivity index (χ4v) is 4.47. The molecule has 0 bridgehead atoms. The van der Waals surface area contributed by atoms with Gasteiger partial charge < -0.3 is 20.3 Å². The van der Waals surface area contributed by atoms with Crippen molar-refractivity contribution in [3.8, 4) is 0 Å². The van der Waals surface area contributed by atoms with Crippen LogP contribution in [-0.2, 0) is 11.2 Å². The Hall–Kier alpha value is -2.99. The van der Waals surface area contributed by atoms with Gasteiger partial charge in [-0.2, -0.15) is 0 Å². The summed E-state index contributed by atoms with van der Waals surface area (Å²) in [4.78, 5) is 13.4. The molecule has 202 valence electrons. The second-order valence-electron chi connectivity index (χ2n) is 10.0. The van der Waals surface area contributed by atoms with Gasteiger partial charge in [0, 0.05) is 43.1 Å². The van der Waals surface area contributed by atoms with Crippen molar-refractivity contribution in [3.63, 3.8) is 0 Å². The maximum absolute atomic E-state index is 13.9. The molecule has 4 nitrogen and oxygen atoms in total. The van der Waals surface area contributed by atoms with E-state index in [1.807, 2.05) is 6.92 Å². The number of rotatable bonds is 16. The number of carbonyl (C=O) groups excluding carboxylic acids is 1. The minimum atomic E-state index is -0.599.